The summed E-state index contributed by atoms with van der Waals surface area (Å²) in [6.07, 6.45) is 1.79. The molecule has 4 rings (SSSR count). The van der Waals surface area contributed by atoms with E-state index < -0.39 is 5.82 Å². The fourth-order valence-electron chi connectivity index (χ4n) is 3.66. The van der Waals surface area contributed by atoms with Gasteiger partial charge in [-0.15, -0.1) is 0 Å². The first kappa shape index (κ1) is 19.0. The number of benzene rings is 2. The Kier molecular flexibility index (Phi) is 5.20. The van der Waals surface area contributed by atoms with Crippen LogP contribution in [0.25, 0.3) is 11.3 Å². The van der Waals surface area contributed by atoms with Crippen molar-refractivity contribution in [3.8, 4) is 22.8 Å². The summed E-state index contributed by atoms with van der Waals surface area (Å²) in [7, 11) is 3.02. The number of aromatic nitrogens is 1. The topological polar surface area (TPSA) is 64.8 Å². The smallest absolute Gasteiger partial charge is 0.276 e. The van der Waals surface area contributed by atoms with Gasteiger partial charge >= 0.3 is 0 Å². The molecule has 29 heavy (non-hydrogen) atoms. The molecule has 0 saturated carbocycles. The molecule has 1 aliphatic rings. The van der Waals surface area contributed by atoms with Crippen LogP contribution in [0.15, 0.2) is 53.1 Å². The number of amides is 1. The van der Waals surface area contributed by atoms with E-state index in [1.54, 1.807) is 24.1 Å². The largest absolute Gasteiger partial charge is 0.497 e. The lowest BCUT2D eigenvalue weighted by atomic mass is 10.0. The van der Waals surface area contributed by atoms with E-state index in [0.717, 1.165) is 24.2 Å². The van der Waals surface area contributed by atoms with Gasteiger partial charge in [-0.3, -0.25) is 4.79 Å². The zero-order valence-electron chi connectivity index (χ0n) is 16.2. The van der Waals surface area contributed by atoms with Crippen molar-refractivity contribution in [2.45, 2.75) is 18.9 Å². The second kappa shape index (κ2) is 7.95. The molecule has 1 atom stereocenters. The van der Waals surface area contributed by atoms with E-state index >= 15 is 0 Å². The highest BCUT2D eigenvalue weighted by Gasteiger charge is 2.32. The summed E-state index contributed by atoms with van der Waals surface area (Å²) in [5.41, 5.74) is 1.75. The van der Waals surface area contributed by atoms with E-state index in [4.69, 9.17) is 14.0 Å². The van der Waals surface area contributed by atoms with E-state index in [9.17, 15) is 9.18 Å². The quantitative estimate of drug-likeness (QED) is 0.636. The fourth-order valence-corrected chi connectivity index (χ4v) is 3.66. The molecule has 0 aliphatic carbocycles. The number of halogens is 1. The summed E-state index contributed by atoms with van der Waals surface area (Å²) < 4.78 is 29.4. The first-order chi connectivity index (χ1) is 14.1. The second-order valence-corrected chi connectivity index (χ2v) is 6.86. The van der Waals surface area contributed by atoms with Crippen molar-refractivity contribution in [1.82, 2.24) is 10.1 Å². The zero-order valence-corrected chi connectivity index (χ0v) is 16.2. The van der Waals surface area contributed by atoms with E-state index in [1.165, 1.54) is 19.2 Å². The Labute approximate surface area is 167 Å². The monoisotopic (exact) mass is 396 g/mol. The molecule has 2 aromatic carbocycles. The third kappa shape index (κ3) is 3.68. The Balaban J connectivity index is 1.55. The van der Waals surface area contributed by atoms with E-state index in [2.05, 4.69) is 5.16 Å². The van der Waals surface area contributed by atoms with Gasteiger partial charge in [-0.05, 0) is 48.7 Å². The van der Waals surface area contributed by atoms with Crippen molar-refractivity contribution in [2.24, 2.45) is 0 Å². The van der Waals surface area contributed by atoms with Gasteiger partial charge in [0.15, 0.2) is 23.0 Å². The minimum Gasteiger partial charge on any atom is -0.497 e. The van der Waals surface area contributed by atoms with Gasteiger partial charge in [0.05, 0.1) is 20.3 Å². The molecule has 1 saturated heterocycles. The van der Waals surface area contributed by atoms with Gasteiger partial charge in [0, 0.05) is 18.2 Å². The summed E-state index contributed by atoms with van der Waals surface area (Å²) in [6, 6.07) is 13.7. The summed E-state index contributed by atoms with van der Waals surface area (Å²) in [4.78, 5) is 14.9. The summed E-state index contributed by atoms with van der Waals surface area (Å²) >= 11 is 0. The van der Waals surface area contributed by atoms with Gasteiger partial charge in [-0.2, -0.15) is 0 Å². The molecule has 3 aromatic rings. The Morgan fingerprint density at radius 3 is 2.62 bits per heavy atom. The first-order valence-corrected chi connectivity index (χ1v) is 9.36. The predicted molar refractivity (Wildman–Crippen MR) is 104 cm³/mol. The van der Waals surface area contributed by atoms with Gasteiger partial charge in [0.25, 0.3) is 5.91 Å². The highest BCUT2D eigenvalue weighted by atomic mass is 19.1. The average molecular weight is 396 g/mol. The molecule has 1 fully saturated rings. The second-order valence-electron chi connectivity index (χ2n) is 6.86. The maximum Gasteiger partial charge on any atom is 0.276 e. The van der Waals surface area contributed by atoms with Crippen LogP contribution < -0.4 is 9.47 Å². The number of carbonyl (C=O) groups is 1. The lowest BCUT2D eigenvalue weighted by Crippen LogP contribution is -2.30. The number of carbonyl (C=O) groups excluding carboxylic acids is 1. The lowest BCUT2D eigenvalue weighted by Gasteiger charge is -2.24. The molecule has 1 aromatic heterocycles. The molecule has 1 aliphatic heterocycles. The molecule has 1 amide bonds. The third-order valence-electron chi connectivity index (χ3n) is 5.18. The first-order valence-electron chi connectivity index (χ1n) is 9.36. The van der Waals surface area contributed by atoms with Gasteiger partial charge < -0.3 is 18.9 Å². The highest BCUT2D eigenvalue weighted by Crippen LogP contribution is 2.34. The SMILES string of the molecule is COc1ccc(C2CCCN2C(=O)c2cc(-c3ccc(OC)c(F)c3)on2)cc1. The normalized spacial score (nSPS) is 16.1. The maximum absolute atomic E-state index is 14.0. The molecule has 0 N–H and O–H groups in total. The van der Waals surface area contributed by atoms with Crippen LogP contribution in [0.2, 0.25) is 0 Å². The fraction of sp³-hybridized carbons (Fsp3) is 0.273. The van der Waals surface area contributed by atoms with Gasteiger partial charge in [-0.1, -0.05) is 17.3 Å². The third-order valence-corrected chi connectivity index (χ3v) is 5.18. The highest BCUT2D eigenvalue weighted by molar-refractivity contribution is 5.93. The van der Waals surface area contributed by atoms with Crippen molar-refractivity contribution >= 4 is 5.91 Å². The lowest BCUT2D eigenvalue weighted by molar-refractivity contribution is 0.0725. The van der Waals surface area contributed by atoms with Crippen molar-refractivity contribution in [1.29, 1.82) is 0 Å². The Bertz CT molecular complexity index is 1020. The molecule has 2 heterocycles. The van der Waals surface area contributed by atoms with Crippen LogP contribution >= 0.6 is 0 Å². The molecule has 7 heteroatoms. The summed E-state index contributed by atoms with van der Waals surface area (Å²) in [5, 5.41) is 3.92. The molecule has 150 valence electrons. The van der Waals surface area contributed by atoms with Crippen molar-refractivity contribution in [2.75, 3.05) is 20.8 Å². The number of rotatable bonds is 5. The van der Waals surface area contributed by atoms with Crippen LogP contribution in [-0.4, -0.2) is 36.7 Å². The van der Waals surface area contributed by atoms with E-state index in [1.807, 2.05) is 24.3 Å². The number of methoxy groups -OCH3 is 2. The van der Waals surface area contributed by atoms with Crippen molar-refractivity contribution < 1.29 is 23.2 Å². The molecule has 0 bridgehead atoms. The summed E-state index contributed by atoms with van der Waals surface area (Å²) in [6.45, 7) is 0.648. The van der Waals surface area contributed by atoms with E-state index in [-0.39, 0.29) is 23.4 Å². The number of likely N-dealkylation sites (tertiary alicyclic amines) is 1. The van der Waals surface area contributed by atoms with Crippen LogP contribution in [-0.2, 0) is 0 Å². The molecule has 1 unspecified atom stereocenters. The van der Waals surface area contributed by atoms with E-state index in [0.29, 0.717) is 17.9 Å². The van der Waals surface area contributed by atoms with Gasteiger partial charge in [0.2, 0.25) is 0 Å². The molecule has 0 radical (unpaired) electrons. The van der Waals surface area contributed by atoms with Crippen LogP contribution in [0, 0.1) is 5.82 Å². The molecule has 6 nitrogen and oxygen atoms in total. The number of hydrogen-bond acceptors (Lipinski definition) is 5. The standard InChI is InChI=1S/C22H21FN2O4/c1-27-16-8-5-14(6-9-16)19-4-3-11-25(19)22(26)18-13-21(29-24-18)15-7-10-20(28-2)17(23)12-15/h5-10,12-13,19H,3-4,11H2,1-2H3. The van der Waals surface area contributed by atoms with Crippen molar-refractivity contribution in [3.05, 3.63) is 65.6 Å². The van der Waals surface area contributed by atoms with Crippen LogP contribution in [0.4, 0.5) is 4.39 Å². The average Bonchev–Trinajstić information content (AvgIpc) is 3.43. The molecule has 0 spiro atoms. The Morgan fingerprint density at radius 2 is 1.93 bits per heavy atom. The predicted octanol–water partition coefficient (Wildman–Crippen LogP) is 4.48. The number of hydrogen-bond donors (Lipinski definition) is 0. The molecular formula is C22H21FN2O4. The van der Waals surface area contributed by atoms with Crippen molar-refractivity contribution in [3.63, 3.8) is 0 Å². The Morgan fingerprint density at radius 1 is 1.14 bits per heavy atom. The van der Waals surface area contributed by atoms with Crippen LogP contribution in [0.5, 0.6) is 11.5 Å². The Hall–Kier alpha value is -3.35. The molecular weight excluding hydrogens is 375 g/mol. The summed E-state index contributed by atoms with van der Waals surface area (Å²) in [5.74, 6) is 0.539. The number of ether oxygens (including phenoxy) is 2. The van der Waals surface area contributed by atoms with Gasteiger partial charge in [0.1, 0.15) is 5.75 Å². The maximum atomic E-state index is 14.0. The van der Waals surface area contributed by atoms with Gasteiger partial charge in [-0.25, -0.2) is 4.39 Å². The van der Waals surface area contributed by atoms with Crippen LogP contribution in [0.3, 0.4) is 0 Å². The number of nitrogens with zero attached hydrogens (tertiary/aromatic N) is 2. The minimum atomic E-state index is -0.506. The zero-order chi connectivity index (χ0) is 20.4. The minimum absolute atomic E-state index is 0.0213. The van der Waals surface area contributed by atoms with Crippen LogP contribution in [0.1, 0.15) is 34.9 Å².